The van der Waals surface area contributed by atoms with Crippen LogP contribution in [-0.4, -0.2) is 64.4 Å². The summed E-state index contributed by atoms with van der Waals surface area (Å²) in [5.74, 6) is 0.337. The molecule has 2 heterocycles. The molecule has 1 saturated heterocycles. The number of sulfonamides is 1. The topological polar surface area (TPSA) is 92.1 Å². The summed E-state index contributed by atoms with van der Waals surface area (Å²) in [6, 6.07) is 9.99. The van der Waals surface area contributed by atoms with Crippen LogP contribution in [0.1, 0.15) is 22.2 Å². The number of amides is 1. The van der Waals surface area contributed by atoms with E-state index in [4.69, 9.17) is 9.15 Å². The minimum Gasteiger partial charge on any atom is -0.496 e. The Balaban J connectivity index is 1.92. The summed E-state index contributed by atoms with van der Waals surface area (Å²) in [5, 5.41) is 3.03. The predicted octanol–water partition coefficient (Wildman–Crippen LogP) is 1.33. The molecule has 9 heteroatoms. The molecule has 3 rings (SSSR count). The zero-order valence-corrected chi connectivity index (χ0v) is 16.3. The van der Waals surface area contributed by atoms with E-state index >= 15 is 0 Å². The molecule has 1 amide bonds. The highest BCUT2D eigenvalue weighted by molar-refractivity contribution is 7.88. The maximum Gasteiger partial charge on any atom is 0.290 e. The van der Waals surface area contributed by atoms with E-state index in [0.717, 1.165) is 9.87 Å². The molecule has 1 unspecified atom stereocenters. The molecule has 146 valence electrons. The number of hydrogen-bond acceptors (Lipinski definition) is 6. The van der Waals surface area contributed by atoms with Gasteiger partial charge in [-0.1, -0.05) is 18.2 Å². The number of carbonyl (C=O) groups is 1. The first-order valence-electron chi connectivity index (χ1n) is 8.53. The van der Waals surface area contributed by atoms with Gasteiger partial charge in [-0.2, -0.15) is 0 Å². The van der Waals surface area contributed by atoms with Crippen LogP contribution in [-0.2, 0) is 10.0 Å². The number of furan rings is 1. The Bertz CT molecular complexity index is 923. The van der Waals surface area contributed by atoms with Gasteiger partial charge in [0.2, 0.25) is 5.09 Å². The molecule has 0 saturated carbocycles. The van der Waals surface area contributed by atoms with E-state index in [9.17, 15) is 13.2 Å². The van der Waals surface area contributed by atoms with Crippen LogP contribution in [0.2, 0.25) is 0 Å². The average Bonchev–Trinajstić information content (AvgIpc) is 3.18. The van der Waals surface area contributed by atoms with Gasteiger partial charge in [0.1, 0.15) is 5.75 Å². The number of benzene rings is 1. The molecular formula is C18H23N3O5S. The number of ether oxygens (including phenoxy) is 1. The lowest BCUT2D eigenvalue weighted by atomic mass is 10.0. The molecule has 1 atom stereocenters. The molecule has 1 N–H and O–H groups in total. The van der Waals surface area contributed by atoms with Gasteiger partial charge >= 0.3 is 0 Å². The van der Waals surface area contributed by atoms with E-state index in [1.165, 1.54) is 26.2 Å². The van der Waals surface area contributed by atoms with E-state index in [0.29, 0.717) is 25.4 Å². The van der Waals surface area contributed by atoms with Crippen molar-refractivity contribution in [1.29, 1.82) is 0 Å². The predicted molar refractivity (Wildman–Crippen MR) is 99.2 cm³/mol. The number of methoxy groups -OCH3 is 1. The molecule has 2 aromatic rings. The second-order valence-electron chi connectivity index (χ2n) is 6.37. The molecule has 1 aliphatic rings. The third kappa shape index (κ3) is 3.71. The molecule has 0 radical (unpaired) electrons. The number of rotatable bonds is 5. The molecule has 8 nitrogen and oxygen atoms in total. The zero-order chi connectivity index (χ0) is 19.6. The maximum atomic E-state index is 13.0. The highest BCUT2D eigenvalue weighted by Gasteiger charge is 2.33. The van der Waals surface area contributed by atoms with Gasteiger partial charge in [-0.25, -0.2) is 12.7 Å². The van der Waals surface area contributed by atoms with Gasteiger partial charge in [0.05, 0.1) is 13.2 Å². The van der Waals surface area contributed by atoms with Crippen molar-refractivity contribution < 1.29 is 22.4 Å². The first kappa shape index (κ1) is 19.4. The van der Waals surface area contributed by atoms with Crippen LogP contribution in [0.25, 0.3) is 0 Å². The average molecular weight is 393 g/mol. The maximum absolute atomic E-state index is 13.0. The lowest BCUT2D eigenvalue weighted by Gasteiger charge is -2.36. The SMILES string of the molecule is COc1ccccc1C1CNCCN1C(=O)c1ccc(S(=O)(=O)N(C)C)o1. The lowest BCUT2D eigenvalue weighted by molar-refractivity contribution is 0.0593. The summed E-state index contributed by atoms with van der Waals surface area (Å²) in [4.78, 5) is 14.7. The summed E-state index contributed by atoms with van der Waals surface area (Å²) < 4.78 is 36.3. The van der Waals surface area contributed by atoms with E-state index < -0.39 is 10.0 Å². The van der Waals surface area contributed by atoms with Gasteiger partial charge in [0.15, 0.2) is 5.76 Å². The number of piperazine rings is 1. The first-order chi connectivity index (χ1) is 12.9. The van der Waals surface area contributed by atoms with Crippen molar-refractivity contribution in [2.45, 2.75) is 11.1 Å². The molecular weight excluding hydrogens is 370 g/mol. The molecule has 1 aliphatic heterocycles. The number of para-hydroxylation sites is 1. The van der Waals surface area contributed by atoms with Gasteiger partial charge < -0.3 is 19.4 Å². The van der Waals surface area contributed by atoms with Crippen LogP contribution < -0.4 is 10.1 Å². The van der Waals surface area contributed by atoms with Gasteiger partial charge in [0, 0.05) is 39.3 Å². The van der Waals surface area contributed by atoms with Gasteiger partial charge in [-0.05, 0) is 18.2 Å². The molecule has 0 spiro atoms. The van der Waals surface area contributed by atoms with E-state index in [2.05, 4.69) is 5.32 Å². The Kier molecular flexibility index (Phi) is 5.54. The fourth-order valence-electron chi connectivity index (χ4n) is 3.06. The zero-order valence-electron chi connectivity index (χ0n) is 15.5. The van der Waals surface area contributed by atoms with Crippen molar-refractivity contribution in [1.82, 2.24) is 14.5 Å². The monoisotopic (exact) mass is 393 g/mol. The number of nitrogens with one attached hydrogen (secondary N) is 1. The summed E-state index contributed by atoms with van der Waals surface area (Å²) in [7, 11) is 0.677. The van der Waals surface area contributed by atoms with E-state index in [-0.39, 0.29) is 22.8 Å². The number of hydrogen-bond donors (Lipinski definition) is 1. The van der Waals surface area contributed by atoms with E-state index in [1.807, 2.05) is 24.3 Å². The van der Waals surface area contributed by atoms with Crippen molar-refractivity contribution in [3.63, 3.8) is 0 Å². The lowest BCUT2D eigenvalue weighted by Crippen LogP contribution is -2.48. The first-order valence-corrected chi connectivity index (χ1v) is 9.97. The molecule has 1 aromatic carbocycles. The van der Waals surface area contributed by atoms with Crippen LogP contribution >= 0.6 is 0 Å². The van der Waals surface area contributed by atoms with Crippen molar-refractivity contribution >= 4 is 15.9 Å². The summed E-state index contributed by atoms with van der Waals surface area (Å²) >= 11 is 0. The largest absolute Gasteiger partial charge is 0.496 e. The van der Waals surface area contributed by atoms with E-state index in [1.54, 1.807) is 12.0 Å². The van der Waals surface area contributed by atoms with Crippen LogP contribution in [0.4, 0.5) is 0 Å². The summed E-state index contributed by atoms with van der Waals surface area (Å²) in [5.41, 5.74) is 0.883. The van der Waals surface area contributed by atoms with Gasteiger partial charge in [0.25, 0.3) is 15.9 Å². The second-order valence-corrected chi connectivity index (χ2v) is 8.45. The third-order valence-electron chi connectivity index (χ3n) is 4.53. The van der Waals surface area contributed by atoms with Crippen LogP contribution in [0, 0.1) is 0 Å². The molecule has 0 aliphatic carbocycles. The molecule has 0 bridgehead atoms. The Hall–Kier alpha value is -2.36. The second kappa shape index (κ2) is 7.71. The smallest absolute Gasteiger partial charge is 0.290 e. The van der Waals surface area contributed by atoms with Crippen molar-refractivity contribution in [2.75, 3.05) is 40.8 Å². The standard InChI is InChI=1S/C18H23N3O5S/c1-20(2)27(23,24)17-9-8-16(26-17)18(22)21-11-10-19-12-14(21)13-6-4-5-7-15(13)25-3/h4-9,14,19H,10-12H2,1-3H3. The molecule has 27 heavy (non-hydrogen) atoms. The van der Waals surface area contributed by atoms with Crippen molar-refractivity contribution in [2.24, 2.45) is 0 Å². The van der Waals surface area contributed by atoms with Crippen molar-refractivity contribution in [3.8, 4) is 5.75 Å². The normalized spacial score (nSPS) is 17.9. The fraction of sp³-hybridized carbons (Fsp3) is 0.389. The minimum atomic E-state index is -3.73. The molecule has 1 fully saturated rings. The summed E-state index contributed by atoms with van der Waals surface area (Å²) in [6.45, 7) is 1.68. The van der Waals surface area contributed by atoms with Crippen LogP contribution in [0.3, 0.4) is 0 Å². The summed E-state index contributed by atoms with van der Waals surface area (Å²) in [6.07, 6.45) is 0. The number of nitrogens with zero attached hydrogens (tertiary/aromatic N) is 2. The minimum absolute atomic E-state index is 0.00257. The van der Waals surface area contributed by atoms with Gasteiger partial charge in [-0.15, -0.1) is 0 Å². The van der Waals surface area contributed by atoms with Gasteiger partial charge in [-0.3, -0.25) is 4.79 Å². The Morgan fingerprint density at radius 2 is 2.00 bits per heavy atom. The Labute approximate surface area is 158 Å². The molecule has 1 aromatic heterocycles. The Morgan fingerprint density at radius 1 is 1.26 bits per heavy atom. The quantitative estimate of drug-likeness (QED) is 0.824. The third-order valence-corrected chi connectivity index (χ3v) is 6.22. The fourth-order valence-corrected chi connectivity index (χ4v) is 3.86. The Morgan fingerprint density at radius 3 is 2.70 bits per heavy atom. The van der Waals surface area contributed by atoms with Crippen LogP contribution in [0.15, 0.2) is 45.9 Å². The highest BCUT2D eigenvalue weighted by atomic mass is 32.2. The van der Waals surface area contributed by atoms with Crippen LogP contribution in [0.5, 0.6) is 5.75 Å². The number of carbonyl (C=O) groups excluding carboxylic acids is 1. The highest BCUT2D eigenvalue weighted by Crippen LogP contribution is 2.31. The van der Waals surface area contributed by atoms with Crippen molar-refractivity contribution in [3.05, 3.63) is 47.7 Å².